The highest BCUT2D eigenvalue weighted by atomic mass is 79.9. The molecule has 2 aromatic heterocycles. The summed E-state index contributed by atoms with van der Waals surface area (Å²) in [4.78, 5) is 12.6. The fourth-order valence-corrected chi connectivity index (χ4v) is 2.22. The molecule has 4 heteroatoms. The van der Waals surface area contributed by atoms with Crippen LogP contribution < -0.4 is 0 Å². The number of benzene rings is 1. The van der Waals surface area contributed by atoms with Gasteiger partial charge in [0.1, 0.15) is 10.9 Å². The first-order valence-electron chi connectivity index (χ1n) is 5.16. The van der Waals surface area contributed by atoms with Crippen LogP contribution in [0, 0.1) is 0 Å². The van der Waals surface area contributed by atoms with Crippen molar-refractivity contribution in [3.63, 3.8) is 0 Å². The second-order valence-corrected chi connectivity index (χ2v) is 4.36. The van der Waals surface area contributed by atoms with Crippen LogP contribution in [-0.4, -0.2) is 15.0 Å². The van der Waals surface area contributed by atoms with Gasteiger partial charge >= 0.3 is 0 Å². The average molecular weight is 286 g/mol. The Hall–Kier alpha value is -1.81. The zero-order valence-electron chi connectivity index (χ0n) is 8.84. The lowest BCUT2D eigenvalue weighted by molar-refractivity contribution is 1.14. The highest BCUT2D eigenvalue weighted by Crippen LogP contribution is 2.30. The van der Waals surface area contributed by atoms with Crippen molar-refractivity contribution in [3.05, 3.63) is 53.7 Å². The topological polar surface area (TPSA) is 38.7 Å². The Morgan fingerprint density at radius 3 is 2.71 bits per heavy atom. The second-order valence-electron chi connectivity index (χ2n) is 3.61. The number of rotatable bonds is 1. The van der Waals surface area contributed by atoms with Gasteiger partial charge in [-0.25, -0.2) is 9.97 Å². The van der Waals surface area contributed by atoms with Crippen LogP contribution >= 0.6 is 15.9 Å². The minimum Gasteiger partial charge on any atom is -0.256 e. The zero-order chi connectivity index (χ0) is 11.7. The van der Waals surface area contributed by atoms with Crippen molar-refractivity contribution < 1.29 is 0 Å². The van der Waals surface area contributed by atoms with E-state index in [9.17, 15) is 0 Å². The maximum Gasteiger partial charge on any atom is 0.117 e. The van der Waals surface area contributed by atoms with Crippen LogP contribution in [-0.2, 0) is 0 Å². The third-order valence-corrected chi connectivity index (χ3v) is 3.22. The first-order chi connectivity index (χ1) is 8.36. The number of para-hydroxylation sites is 1. The highest BCUT2D eigenvalue weighted by Gasteiger charge is 2.08. The maximum atomic E-state index is 4.42. The van der Waals surface area contributed by atoms with Crippen molar-refractivity contribution in [2.45, 2.75) is 0 Å². The van der Waals surface area contributed by atoms with E-state index in [0.717, 1.165) is 26.6 Å². The van der Waals surface area contributed by atoms with Crippen molar-refractivity contribution in [1.82, 2.24) is 15.0 Å². The first kappa shape index (κ1) is 10.4. The zero-order valence-corrected chi connectivity index (χ0v) is 10.4. The predicted molar refractivity (Wildman–Crippen MR) is 70.5 cm³/mol. The molecule has 0 aliphatic heterocycles. The molecular formula is C13H8BrN3. The van der Waals surface area contributed by atoms with E-state index in [1.165, 1.54) is 6.33 Å². The van der Waals surface area contributed by atoms with Gasteiger partial charge in [-0.3, -0.25) is 4.98 Å². The van der Waals surface area contributed by atoms with Crippen LogP contribution in [0.3, 0.4) is 0 Å². The van der Waals surface area contributed by atoms with Crippen molar-refractivity contribution >= 4 is 26.8 Å². The molecule has 3 rings (SSSR count). The van der Waals surface area contributed by atoms with Gasteiger partial charge in [0.25, 0.3) is 0 Å². The van der Waals surface area contributed by atoms with E-state index in [-0.39, 0.29) is 0 Å². The van der Waals surface area contributed by atoms with E-state index in [1.807, 2.05) is 30.3 Å². The molecule has 1 aromatic carbocycles. The van der Waals surface area contributed by atoms with E-state index in [0.29, 0.717) is 0 Å². The van der Waals surface area contributed by atoms with Gasteiger partial charge in [0.15, 0.2) is 0 Å². The number of pyridine rings is 1. The van der Waals surface area contributed by atoms with E-state index >= 15 is 0 Å². The van der Waals surface area contributed by atoms with Crippen LogP contribution in [0.1, 0.15) is 0 Å². The van der Waals surface area contributed by atoms with Crippen LogP contribution in [0.15, 0.2) is 53.7 Å². The van der Waals surface area contributed by atoms with E-state index < -0.39 is 0 Å². The third kappa shape index (κ3) is 1.80. The maximum absolute atomic E-state index is 4.42. The lowest BCUT2D eigenvalue weighted by Crippen LogP contribution is -1.88. The fourth-order valence-electron chi connectivity index (χ4n) is 1.82. The van der Waals surface area contributed by atoms with Gasteiger partial charge in [-0.05, 0) is 22.0 Å². The molecule has 0 bridgehead atoms. The molecule has 0 amide bonds. The normalized spacial score (nSPS) is 10.6. The van der Waals surface area contributed by atoms with E-state index in [1.54, 1.807) is 12.4 Å². The van der Waals surface area contributed by atoms with Crippen LogP contribution in [0.4, 0.5) is 0 Å². The number of hydrogen-bond acceptors (Lipinski definition) is 3. The van der Waals surface area contributed by atoms with Crippen LogP contribution in [0.2, 0.25) is 0 Å². The van der Waals surface area contributed by atoms with E-state index in [2.05, 4.69) is 30.9 Å². The summed E-state index contributed by atoms with van der Waals surface area (Å²) in [5.74, 6) is 0. The smallest absolute Gasteiger partial charge is 0.117 e. The number of aromatic nitrogens is 3. The van der Waals surface area contributed by atoms with Crippen LogP contribution in [0.25, 0.3) is 22.0 Å². The van der Waals surface area contributed by atoms with Gasteiger partial charge in [-0.1, -0.05) is 24.3 Å². The largest absolute Gasteiger partial charge is 0.256 e. The van der Waals surface area contributed by atoms with Gasteiger partial charge in [0.2, 0.25) is 0 Å². The molecule has 3 nitrogen and oxygen atoms in total. The SMILES string of the molecule is Brc1ncncc1-c1cccc2cccnc12. The number of fused-ring (bicyclic) bond motifs is 1. The quantitative estimate of drug-likeness (QED) is 0.643. The summed E-state index contributed by atoms with van der Waals surface area (Å²) >= 11 is 3.44. The molecule has 0 saturated carbocycles. The van der Waals surface area contributed by atoms with Gasteiger partial charge in [-0.2, -0.15) is 0 Å². The molecule has 0 radical (unpaired) electrons. The molecule has 82 valence electrons. The standard InChI is InChI=1S/C13H8BrN3/c14-13-11(7-15-8-17-13)10-5-1-3-9-4-2-6-16-12(9)10/h1-8H. The van der Waals surface area contributed by atoms with Crippen molar-refractivity contribution in [2.75, 3.05) is 0 Å². The van der Waals surface area contributed by atoms with Gasteiger partial charge in [-0.15, -0.1) is 0 Å². The number of halogens is 1. The summed E-state index contributed by atoms with van der Waals surface area (Å²) in [7, 11) is 0. The molecule has 17 heavy (non-hydrogen) atoms. The van der Waals surface area contributed by atoms with Gasteiger partial charge in [0, 0.05) is 28.9 Å². The molecule has 0 saturated heterocycles. The molecule has 0 atom stereocenters. The average Bonchev–Trinajstić information content (AvgIpc) is 2.39. The lowest BCUT2D eigenvalue weighted by Gasteiger charge is -2.06. The van der Waals surface area contributed by atoms with Crippen LogP contribution in [0.5, 0.6) is 0 Å². The Bertz CT molecular complexity index is 677. The third-order valence-electron chi connectivity index (χ3n) is 2.59. The summed E-state index contributed by atoms with van der Waals surface area (Å²) in [6, 6.07) is 10.1. The molecule has 0 aliphatic rings. The highest BCUT2D eigenvalue weighted by molar-refractivity contribution is 9.10. The minimum atomic E-state index is 0.783. The second kappa shape index (κ2) is 4.22. The Morgan fingerprint density at radius 2 is 1.82 bits per heavy atom. The Balaban J connectivity index is 2.35. The summed E-state index contributed by atoms with van der Waals surface area (Å²) in [6.07, 6.45) is 5.11. The summed E-state index contributed by atoms with van der Waals surface area (Å²) < 4.78 is 0.783. The first-order valence-corrected chi connectivity index (χ1v) is 5.95. The fraction of sp³-hybridized carbons (Fsp3) is 0. The van der Waals surface area contributed by atoms with Crippen molar-refractivity contribution in [3.8, 4) is 11.1 Å². The predicted octanol–water partition coefficient (Wildman–Crippen LogP) is 3.45. The minimum absolute atomic E-state index is 0.783. The molecule has 0 spiro atoms. The lowest BCUT2D eigenvalue weighted by atomic mass is 10.1. The number of nitrogens with zero attached hydrogens (tertiary/aromatic N) is 3. The number of hydrogen-bond donors (Lipinski definition) is 0. The molecule has 0 N–H and O–H groups in total. The molecule has 0 fully saturated rings. The Kier molecular flexibility index (Phi) is 2.57. The Morgan fingerprint density at radius 1 is 0.941 bits per heavy atom. The van der Waals surface area contributed by atoms with Crippen molar-refractivity contribution in [1.29, 1.82) is 0 Å². The summed E-state index contributed by atoms with van der Waals surface area (Å²) in [6.45, 7) is 0. The van der Waals surface area contributed by atoms with Crippen molar-refractivity contribution in [2.24, 2.45) is 0 Å². The summed E-state index contributed by atoms with van der Waals surface area (Å²) in [5.41, 5.74) is 2.96. The van der Waals surface area contributed by atoms with Gasteiger partial charge in [0.05, 0.1) is 5.52 Å². The molecule has 3 aromatic rings. The molecular weight excluding hydrogens is 278 g/mol. The molecule has 2 heterocycles. The van der Waals surface area contributed by atoms with E-state index in [4.69, 9.17) is 0 Å². The molecule has 0 unspecified atom stereocenters. The monoisotopic (exact) mass is 285 g/mol. The van der Waals surface area contributed by atoms with Gasteiger partial charge < -0.3 is 0 Å². The Labute approximate surface area is 107 Å². The summed E-state index contributed by atoms with van der Waals surface area (Å²) in [5, 5.41) is 1.11. The molecule has 0 aliphatic carbocycles.